The molecule has 0 saturated carbocycles. The summed E-state index contributed by atoms with van der Waals surface area (Å²) in [6, 6.07) is 6.10. The molecule has 3 heteroatoms. The summed E-state index contributed by atoms with van der Waals surface area (Å²) in [5.74, 6) is 0.738. The van der Waals surface area contributed by atoms with Gasteiger partial charge in [-0.1, -0.05) is 42.3 Å². The van der Waals surface area contributed by atoms with Gasteiger partial charge in [0.1, 0.15) is 0 Å². The van der Waals surface area contributed by atoms with Gasteiger partial charge >= 0.3 is 0 Å². The molecule has 1 aromatic carbocycles. The number of benzene rings is 1. The van der Waals surface area contributed by atoms with Crippen LogP contribution in [0.5, 0.6) is 0 Å². The lowest BCUT2D eigenvalue weighted by Gasteiger charge is -2.21. The SMILES string of the molecule is CCC(C)CN(C)Cc1ccc(Br)cc1N. The largest absolute Gasteiger partial charge is 0.398 e. The molecule has 1 unspecified atom stereocenters. The van der Waals surface area contributed by atoms with Crippen LogP contribution < -0.4 is 5.73 Å². The average Bonchev–Trinajstić information content (AvgIpc) is 2.22. The predicted molar refractivity (Wildman–Crippen MR) is 74.3 cm³/mol. The molecule has 1 aromatic rings. The van der Waals surface area contributed by atoms with E-state index in [0.717, 1.165) is 29.2 Å². The number of hydrogen-bond acceptors (Lipinski definition) is 2. The molecule has 0 aliphatic carbocycles. The molecule has 0 bridgehead atoms. The first kappa shape index (κ1) is 13.5. The Morgan fingerprint density at radius 3 is 2.69 bits per heavy atom. The maximum absolute atomic E-state index is 5.98. The Balaban J connectivity index is 2.59. The topological polar surface area (TPSA) is 29.3 Å². The molecule has 0 aliphatic rings. The standard InChI is InChI=1S/C13H21BrN2/c1-4-10(2)8-16(3)9-11-5-6-12(14)7-13(11)15/h5-7,10H,4,8-9,15H2,1-3H3. The summed E-state index contributed by atoms with van der Waals surface area (Å²) in [5, 5.41) is 0. The second-order valence-electron chi connectivity index (χ2n) is 4.55. The van der Waals surface area contributed by atoms with Gasteiger partial charge in [-0.05, 0) is 30.7 Å². The second kappa shape index (κ2) is 6.26. The third-order valence-electron chi connectivity index (χ3n) is 2.87. The van der Waals surface area contributed by atoms with Crippen LogP contribution in [0.15, 0.2) is 22.7 Å². The highest BCUT2D eigenvalue weighted by Crippen LogP contribution is 2.20. The molecule has 0 amide bonds. The van der Waals surface area contributed by atoms with E-state index in [9.17, 15) is 0 Å². The van der Waals surface area contributed by atoms with Crippen molar-refractivity contribution >= 4 is 21.6 Å². The number of halogens is 1. The molecule has 0 aliphatic heterocycles. The van der Waals surface area contributed by atoms with Crippen LogP contribution >= 0.6 is 15.9 Å². The van der Waals surface area contributed by atoms with Crippen molar-refractivity contribution in [3.8, 4) is 0 Å². The molecule has 2 N–H and O–H groups in total. The summed E-state index contributed by atoms with van der Waals surface area (Å²) in [6.07, 6.45) is 1.22. The van der Waals surface area contributed by atoms with Gasteiger partial charge in [0.15, 0.2) is 0 Å². The Morgan fingerprint density at radius 1 is 1.44 bits per heavy atom. The summed E-state index contributed by atoms with van der Waals surface area (Å²) >= 11 is 3.42. The highest BCUT2D eigenvalue weighted by Gasteiger charge is 2.07. The van der Waals surface area contributed by atoms with Crippen LogP contribution in [-0.2, 0) is 6.54 Å². The van der Waals surface area contributed by atoms with Crippen LogP contribution in [0.25, 0.3) is 0 Å². The maximum atomic E-state index is 5.98. The smallest absolute Gasteiger partial charge is 0.0371 e. The van der Waals surface area contributed by atoms with Crippen molar-refractivity contribution in [2.45, 2.75) is 26.8 Å². The van der Waals surface area contributed by atoms with Crippen LogP contribution in [0.4, 0.5) is 5.69 Å². The Kier molecular flexibility index (Phi) is 5.29. The van der Waals surface area contributed by atoms with Crippen molar-refractivity contribution < 1.29 is 0 Å². The molecule has 90 valence electrons. The van der Waals surface area contributed by atoms with E-state index < -0.39 is 0 Å². The lowest BCUT2D eigenvalue weighted by Crippen LogP contribution is -2.24. The van der Waals surface area contributed by atoms with Gasteiger partial charge in [0.25, 0.3) is 0 Å². The Bertz CT molecular complexity index is 339. The van der Waals surface area contributed by atoms with Gasteiger partial charge in [-0.15, -0.1) is 0 Å². The zero-order valence-electron chi connectivity index (χ0n) is 10.3. The first-order chi connectivity index (χ1) is 7.52. The van der Waals surface area contributed by atoms with E-state index >= 15 is 0 Å². The fourth-order valence-electron chi connectivity index (χ4n) is 1.73. The van der Waals surface area contributed by atoms with E-state index in [1.54, 1.807) is 0 Å². The molecule has 1 atom stereocenters. The predicted octanol–water partition coefficient (Wildman–Crippen LogP) is 3.51. The molecule has 2 nitrogen and oxygen atoms in total. The number of rotatable bonds is 5. The number of nitrogen functional groups attached to an aromatic ring is 1. The molecule has 0 saturated heterocycles. The third-order valence-corrected chi connectivity index (χ3v) is 3.36. The van der Waals surface area contributed by atoms with Crippen LogP contribution in [0.1, 0.15) is 25.8 Å². The number of nitrogens with two attached hydrogens (primary N) is 1. The lowest BCUT2D eigenvalue weighted by molar-refractivity contribution is 0.275. The first-order valence-corrected chi connectivity index (χ1v) is 6.54. The minimum Gasteiger partial charge on any atom is -0.398 e. The zero-order chi connectivity index (χ0) is 12.1. The van der Waals surface area contributed by atoms with Crippen LogP contribution in [0.2, 0.25) is 0 Å². The van der Waals surface area contributed by atoms with E-state index in [1.165, 1.54) is 12.0 Å². The highest BCUT2D eigenvalue weighted by molar-refractivity contribution is 9.10. The second-order valence-corrected chi connectivity index (χ2v) is 5.47. The van der Waals surface area contributed by atoms with Crippen molar-refractivity contribution in [2.75, 3.05) is 19.3 Å². The quantitative estimate of drug-likeness (QED) is 0.839. The van der Waals surface area contributed by atoms with E-state index in [4.69, 9.17) is 5.73 Å². The van der Waals surface area contributed by atoms with Crippen molar-refractivity contribution in [1.29, 1.82) is 0 Å². The summed E-state index contributed by atoms with van der Waals surface area (Å²) in [5.41, 5.74) is 8.05. The van der Waals surface area contributed by atoms with Gasteiger partial charge in [0.05, 0.1) is 0 Å². The van der Waals surface area contributed by atoms with Crippen molar-refractivity contribution in [3.05, 3.63) is 28.2 Å². The molecule has 1 rings (SSSR count). The van der Waals surface area contributed by atoms with Gasteiger partial charge < -0.3 is 10.6 Å². The summed E-state index contributed by atoms with van der Waals surface area (Å²) in [6.45, 7) is 6.55. The summed E-state index contributed by atoms with van der Waals surface area (Å²) < 4.78 is 1.04. The van der Waals surface area contributed by atoms with E-state index in [2.05, 4.69) is 47.8 Å². The van der Waals surface area contributed by atoms with Gasteiger partial charge in [-0.2, -0.15) is 0 Å². The van der Waals surface area contributed by atoms with Crippen LogP contribution in [0, 0.1) is 5.92 Å². The van der Waals surface area contributed by atoms with E-state index in [1.807, 2.05) is 12.1 Å². The maximum Gasteiger partial charge on any atom is 0.0371 e. The minimum absolute atomic E-state index is 0.738. The van der Waals surface area contributed by atoms with Crippen molar-refractivity contribution in [3.63, 3.8) is 0 Å². The monoisotopic (exact) mass is 284 g/mol. The Labute approximate surface area is 107 Å². The van der Waals surface area contributed by atoms with Gasteiger partial charge in [-0.25, -0.2) is 0 Å². The molecular weight excluding hydrogens is 264 g/mol. The fourth-order valence-corrected chi connectivity index (χ4v) is 2.11. The molecule has 0 heterocycles. The number of anilines is 1. The van der Waals surface area contributed by atoms with E-state index in [-0.39, 0.29) is 0 Å². The molecule has 0 spiro atoms. The Morgan fingerprint density at radius 2 is 2.12 bits per heavy atom. The Hall–Kier alpha value is -0.540. The molecule has 0 aromatic heterocycles. The van der Waals surface area contributed by atoms with Crippen molar-refractivity contribution in [2.24, 2.45) is 5.92 Å². The van der Waals surface area contributed by atoms with Crippen LogP contribution in [-0.4, -0.2) is 18.5 Å². The van der Waals surface area contributed by atoms with E-state index in [0.29, 0.717) is 0 Å². The first-order valence-electron chi connectivity index (χ1n) is 5.75. The van der Waals surface area contributed by atoms with Crippen LogP contribution in [0.3, 0.4) is 0 Å². The minimum atomic E-state index is 0.738. The lowest BCUT2D eigenvalue weighted by atomic mass is 10.1. The zero-order valence-corrected chi connectivity index (χ0v) is 11.9. The molecule has 16 heavy (non-hydrogen) atoms. The van der Waals surface area contributed by atoms with Gasteiger partial charge in [0.2, 0.25) is 0 Å². The summed E-state index contributed by atoms with van der Waals surface area (Å²) in [4.78, 5) is 2.33. The number of hydrogen-bond donors (Lipinski definition) is 1. The summed E-state index contributed by atoms with van der Waals surface area (Å²) in [7, 11) is 2.15. The van der Waals surface area contributed by atoms with Gasteiger partial charge in [0, 0.05) is 23.2 Å². The average molecular weight is 285 g/mol. The molecular formula is C13H21BrN2. The van der Waals surface area contributed by atoms with Crippen molar-refractivity contribution in [1.82, 2.24) is 4.90 Å². The third kappa shape index (κ3) is 4.14. The fraction of sp³-hybridized carbons (Fsp3) is 0.538. The highest BCUT2D eigenvalue weighted by atomic mass is 79.9. The van der Waals surface area contributed by atoms with Gasteiger partial charge in [-0.3, -0.25) is 0 Å². The number of nitrogens with zero attached hydrogens (tertiary/aromatic N) is 1. The normalized spacial score (nSPS) is 13.1. The molecule has 0 fully saturated rings. The molecule has 0 radical (unpaired) electrons.